The Hall–Kier alpha value is -2.12. The van der Waals surface area contributed by atoms with Gasteiger partial charge in [-0.2, -0.15) is 0 Å². The number of hydrogen-bond donors (Lipinski definition) is 1. The van der Waals surface area contributed by atoms with Crippen LogP contribution < -0.4 is 5.32 Å². The number of carbonyl (C=O) groups is 1. The maximum atomic E-state index is 12.7. The number of amides is 1. The van der Waals surface area contributed by atoms with E-state index in [9.17, 15) is 4.79 Å². The lowest BCUT2D eigenvalue weighted by molar-refractivity contribution is 0.0922. The van der Waals surface area contributed by atoms with Crippen LogP contribution >= 0.6 is 27.7 Å². The Morgan fingerprint density at radius 1 is 1.10 bits per heavy atom. The van der Waals surface area contributed by atoms with E-state index in [-0.39, 0.29) is 17.9 Å². The molecule has 5 nitrogen and oxygen atoms in total. The third-order valence-corrected chi connectivity index (χ3v) is 6.18. The number of thioether (sulfide) groups is 1. The van der Waals surface area contributed by atoms with Gasteiger partial charge >= 0.3 is 0 Å². The van der Waals surface area contributed by atoms with Crippen LogP contribution in [0.25, 0.3) is 0 Å². The van der Waals surface area contributed by atoms with Crippen molar-refractivity contribution in [1.29, 1.82) is 0 Å². The maximum Gasteiger partial charge on any atom is 0.251 e. The predicted molar refractivity (Wildman–Crippen MR) is 121 cm³/mol. The second kappa shape index (κ2) is 10.1. The summed E-state index contributed by atoms with van der Waals surface area (Å²) in [4.78, 5) is 12.7. The zero-order chi connectivity index (χ0) is 20.8. The molecule has 152 valence electrons. The van der Waals surface area contributed by atoms with E-state index in [1.54, 1.807) is 11.8 Å². The molecule has 0 aliphatic rings. The van der Waals surface area contributed by atoms with Crippen LogP contribution in [0.5, 0.6) is 0 Å². The number of benzene rings is 2. The number of aromatic nitrogens is 3. The molecule has 0 fully saturated rings. The maximum absolute atomic E-state index is 12.7. The standard InChI is InChI=1S/C22H25BrN4OS/c1-4-27-20(19(15(2)3)24-21(28)17-8-6-5-7-9-17)25-26-22(27)29-14-16-10-12-18(23)13-11-16/h5-13,15,19H,4,14H2,1-3H3,(H,24,28)/t19-/m1/s1. The third-order valence-electron chi connectivity index (χ3n) is 4.61. The van der Waals surface area contributed by atoms with Gasteiger partial charge in [0.1, 0.15) is 0 Å². The SMILES string of the molecule is CCn1c(SCc2ccc(Br)cc2)nnc1[C@H](NC(=O)c1ccccc1)C(C)C. The number of nitrogens with one attached hydrogen (secondary N) is 1. The first-order valence-electron chi connectivity index (χ1n) is 9.65. The topological polar surface area (TPSA) is 59.8 Å². The van der Waals surface area contributed by atoms with Gasteiger partial charge in [0, 0.05) is 22.3 Å². The fraction of sp³-hybridized carbons (Fsp3) is 0.318. The van der Waals surface area contributed by atoms with E-state index in [1.165, 1.54) is 5.56 Å². The Balaban J connectivity index is 1.78. The van der Waals surface area contributed by atoms with Gasteiger partial charge in [-0.25, -0.2) is 0 Å². The molecule has 1 heterocycles. The highest BCUT2D eigenvalue weighted by Gasteiger charge is 2.26. The lowest BCUT2D eigenvalue weighted by Crippen LogP contribution is -2.33. The van der Waals surface area contributed by atoms with Crippen molar-refractivity contribution >= 4 is 33.6 Å². The van der Waals surface area contributed by atoms with Gasteiger partial charge in [-0.1, -0.05) is 71.9 Å². The van der Waals surface area contributed by atoms with E-state index in [0.717, 1.165) is 27.8 Å². The summed E-state index contributed by atoms with van der Waals surface area (Å²) in [6.45, 7) is 6.99. The van der Waals surface area contributed by atoms with Crippen molar-refractivity contribution in [3.8, 4) is 0 Å². The van der Waals surface area contributed by atoms with E-state index in [2.05, 4.69) is 68.9 Å². The zero-order valence-corrected chi connectivity index (χ0v) is 19.2. The smallest absolute Gasteiger partial charge is 0.251 e. The molecular formula is C22H25BrN4OS. The predicted octanol–water partition coefficient (Wildman–Crippen LogP) is 5.48. The molecule has 0 radical (unpaired) electrons. The summed E-state index contributed by atoms with van der Waals surface area (Å²) >= 11 is 5.12. The molecule has 0 spiro atoms. The normalized spacial score (nSPS) is 12.2. The fourth-order valence-electron chi connectivity index (χ4n) is 3.01. The second-order valence-corrected chi connectivity index (χ2v) is 8.92. The van der Waals surface area contributed by atoms with Gasteiger partial charge < -0.3 is 9.88 Å². The second-order valence-electron chi connectivity index (χ2n) is 7.06. The summed E-state index contributed by atoms with van der Waals surface area (Å²) < 4.78 is 3.17. The van der Waals surface area contributed by atoms with Crippen molar-refractivity contribution in [2.45, 2.75) is 44.3 Å². The van der Waals surface area contributed by atoms with Crippen molar-refractivity contribution in [3.63, 3.8) is 0 Å². The average Bonchev–Trinajstić information content (AvgIpc) is 3.14. The summed E-state index contributed by atoms with van der Waals surface area (Å²) in [7, 11) is 0. The van der Waals surface area contributed by atoms with Crippen molar-refractivity contribution in [2.24, 2.45) is 5.92 Å². The molecule has 1 N–H and O–H groups in total. The van der Waals surface area contributed by atoms with Crippen LogP contribution in [-0.2, 0) is 12.3 Å². The van der Waals surface area contributed by atoms with Gasteiger partial charge in [-0.3, -0.25) is 4.79 Å². The minimum Gasteiger partial charge on any atom is -0.342 e. The van der Waals surface area contributed by atoms with Crippen molar-refractivity contribution in [1.82, 2.24) is 20.1 Å². The average molecular weight is 473 g/mol. The molecule has 7 heteroatoms. The Kier molecular flexibility index (Phi) is 7.50. The highest BCUT2D eigenvalue weighted by Crippen LogP contribution is 2.27. The van der Waals surface area contributed by atoms with Gasteiger partial charge in [0.2, 0.25) is 0 Å². The van der Waals surface area contributed by atoms with Gasteiger partial charge in [-0.05, 0) is 42.7 Å². The molecule has 3 aromatic rings. The number of carbonyl (C=O) groups excluding carboxylic acids is 1. The molecule has 3 rings (SSSR count). The molecule has 0 bridgehead atoms. The van der Waals surface area contributed by atoms with E-state index in [4.69, 9.17) is 0 Å². The Bertz CT molecular complexity index is 941. The lowest BCUT2D eigenvalue weighted by Gasteiger charge is -2.22. The Morgan fingerprint density at radius 3 is 2.41 bits per heavy atom. The summed E-state index contributed by atoms with van der Waals surface area (Å²) in [5.74, 6) is 1.69. The summed E-state index contributed by atoms with van der Waals surface area (Å²) in [6, 6.07) is 17.3. The van der Waals surface area contributed by atoms with Crippen LogP contribution in [0.4, 0.5) is 0 Å². The van der Waals surface area contributed by atoms with Gasteiger partial charge in [0.25, 0.3) is 5.91 Å². The number of hydrogen-bond acceptors (Lipinski definition) is 4. The minimum atomic E-state index is -0.211. The first kappa shape index (κ1) is 21.6. The van der Waals surface area contributed by atoms with Gasteiger partial charge in [-0.15, -0.1) is 10.2 Å². The van der Waals surface area contributed by atoms with Crippen molar-refractivity contribution in [3.05, 3.63) is 76.0 Å². The van der Waals surface area contributed by atoms with Gasteiger partial charge in [0.15, 0.2) is 11.0 Å². The van der Waals surface area contributed by atoms with Crippen LogP contribution in [0.3, 0.4) is 0 Å². The molecule has 2 aromatic carbocycles. The monoisotopic (exact) mass is 472 g/mol. The van der Waals surface area contributed by atoms with Crippen LogP contribution in [0.2, 0.25) is 0 Å². The van der Waals surface area contributed by atoms with Crippen molar-refractivity contribution in [2.75, 3.05) is 0 Å². The summed E-state index contributed by atoms with van der Waals surface area (Å²) in [5.41, 5.74) is 1.87. The van der Waals surface area contributed by atoms with Crippen molar-refractivity contribution < 1.29 is 4.79 Å². The zero-order valence-electron chi connectivity index (χ0n) is 16.8. The number of nitrogens with zero attached hydrogens (tertiary/aromatic N) is 3. The van der Waals surface area contributed by atoms with E-state index in [0.29, 0.717) is 5.56 Å². The van der Waals surface area contributed by atoms with Crippen LogP contribution in [0, 0.1) is 5.92 Å². The Morgan fingerprint density at radius 2 is 1.79 bits per heavy atom. The largest absolute Gasteiger partial charge is 0.342 e. The molecule has 1 amide bonds. The molecule has 0 unspecified atom stereocenters. The van der Waals surface area contributed by atoms with E-state index < -0.39 is 0 Å². The molecule has 0 aliphatic heterocycles. The van der Waals surface area contributed by atoms with Crippen LogP contribution in [0.15, 0.2) is 64.2 Å². The molecule has 0 saturated heterocycles. The van der Waals surface area contributed by atoms with E-state index >= 15 is 0 Å². The fourth-order valence-corrected chi connectivity index (χ4v) is 4.24. The quantitative estimate of drug-likeness (QED) is 0.440. The van der Waals surface area contributed by atoms with Crippen LogP contribution in [-0.4, -0.2) is 20.7 Å². The first-order chi connectivity index (χ1) is 14.0. The molecule has 29 heavy (non-hydrogen) atoms. The summed E-state index contributed by atoms with van der Waals surface area (Å²) in [5, 5.41) is 12.9. The molecule has 1 aromatic heterocycles. The number of rotatable bonds is 8. The molecule has 0 saturated carbocycles. The lowest BCUT2D eigenvalue weighted by atomic mass is 10.0. The van der Waals surface area contributed by atoms with Crippen LogP contribution in [0.1, 0.15) is 48.6 Å². The van der Waals surface area contributed by atoms with Gasteiger partial charge in [0.05, 0.1) is 6.04 Å². The minimum absolute atomic E-state index is 0.0981. The molecule has 1 atom stereocenters. The molecular weight excluding hydrogens is 448 g/mol. The van der Waals surface area contributed by atoms with E-state index in [1.807, 2.05) is 42.5 Å². The highest BCUT2D eigenvalue weighted by molar-refractivity contribution is 9.10. The highest BCUT2D eigenvalue weighted by atomic mass is 79.9. The molecule has 0 aliphatic carbocycles. The Labute approximate surface area is 184 Å². The number of halogens is 1. The first-order valence-corrected chi connectivity index (χ1v) is 11.4. The summed E-state index contributed by atoms with van der Waals surface area (Å²) in [6.07, 6.45) is 0. The third kappa shape index (κ3) is 5.48.